The number of hydrogen-bond acceptors (Lipinski definition) is 5. The molecule has 1 N–H and O–H groups in total. The molecule has 0 spiro atoms. The second-order valence-corrected chi connectivity index (χ2v) is 7.32. The van der Waals surface area contributed by atoms with E-state index in [1.165, 1.54) is 0 Å². The monoisotopic (exact) mass is 374 g/mol. The van der Waals surface area contributed by atoms with Gasteiger partial charge in [-0.05, 0) is 45.0 Å². The van der Waals surface area contributed by atoms with Gasteiger partial charge in [0.15, 0.2) is 5.75 Å². The number of ether oxygens (including phenoxy) is 1. The molecule has 4 rings (SSSR count). The van der Waals surface area contributed by atoms with Crippen LogP contribution in [0, 0.1) is 5.41 Å². The minimum Gasteiger partial charge on any atom is -0.506 e. The molecule has 142 valence electrons. The van der Waals surface area contributed by atoms with Crippen LogP contribution in [0.1, 0.15) is 20.8 Å². The molecular weight excluding hydrogens is 352 g/mol. The van der Waals surface area contributed by atoms with Crippen molar-refractivity contribution in [1.29, 1.82) is 0 Å². The number of esters is 1. The van der Waals surface area contributed by atoms with E-state index in [0.29, 0.717) is 16.8 Å². The highest BCUT2D eigenvalue weighted by molar-refractivity contribution is 5.88. The molecule has 0 saturated heterocycles. The third-order valence-corrected chi connectivity index (χ3v) is 4.02. The lowest BCUT2D eigenvalue weighted by molar-refractivity contribution is -0.142. The summed E-state index contributed by atoms with van der Waals surface area (Å²) in [4.78, 5) is 20.1. The summed E-state index contributed by atoms with van der Waals surface area (Å²) in [6, 6.07) is 18.5. The fourth-order valence-corrected chi connectivity index (χ4v) is 2.50. The van der Waals surface area contributed by atoms with E-state index in [1.54, 1.807) is 30.6 Å². The average molecular weight is 374 g/mol. The van der Waals surface area contributed by atoms with Crippen LogP contribution in [0.15, 0.2) is 73.1 Å². The Morgan fingerprint density at radius 2 is 1.36 bits per heavy atom. The number of benzene rings is 2. The van der Waals surface area contributed by atoms with Crippen molar-refractivity contribution in [2.75, 3.05) is 0 Å². The van der Waals surface area contributed by atoms with Crippen LogP contribution >= 0.6 is 0 Å². The van der Waals surface area contributed by atoms with E-state index in [-0.39, 0.29) is 11.7 Å². The van der Waals surface area contributed by atoms with E-state index in [4.69, 9.17) is 4.74 Å². The van der Waals surface area contributed by atoms with E-state index in [0.717, 1.165) is 10.8 Å². The first-order valence-electron chi connectivity index (χ1n) is 8.95. The Kier molecular flexibility index (Phi) is 5.54. The highest BCUT2D eigenvalue weighted by Crippen LogP contribution is 2.26. The van der Waals surface area contributed by atoms with Gasteiger partial charge in [-0.25, -0.2) is 0 Å². The highest BCUT2D eigenvalue weighted by atomic mass is 16.5. The summed E-state index contributed by atoms with van der Waals surface area (Å²) >= 11 is 0. The van der Waals surface area contributed by atoms with Crippen LogP contribution < -0.4 is 4.74 Å². The quantitative estimate of drug-likeness (QED) is 0.369. The number of carbonyl (C=O) groups excluding carboxylic acids is 1. The summed E-state index contributed by atoms with van der Waals surface area (Å²) in [6.07, 6.45) is 3.36. The smallest absolute Gasteiger partial charge is 0.316 e. The maximum Gasteiger partial charge on any atom is 0.316 e. The zero-order valence-electron chi connectivity index (χ0n) is 16.1. The van der Waals surface area contributed by atoms with Crippen LogP contribution in [-0.4, -0.2) is 21.0 Å². The van der Waals surface area contributed by atoms with Gasteiger partial charge in [-0.1, -0.05) is 36.4 Å². The van der Waals surface area contributed by atoms with Crippen molar-refractivity contribution in [2.45, 2.75) is 20.8 Å². The number of para-hydroxylation sites is 2. The SMILES string of the molecule is CC(C)(C)C(=O)Oc1cccc2cccnc12.Oc1cccc2cccnc12. The standard InChI is InChI=1S/C14H15NO2.C9H7NO/c1-14(2,3)13(16)17-11-8-4-6-10-7-5-9-15-12(10)11;11-8-5-1-3-7-4-2-6-10-9(7)8/h4-9H,1-3H3;1-6,11H. The molecule has 2 aromatic heterocycles. The number of aromatic nitrogens is 2. The number of carbonyl (C=O) groups is 1. The summed E-state index contributed by atoms with van der Waals surface area (Å²) in [5, 5.41) is 11.2. The van der Waals surface area contributed by atoms with Crippen LogP contribution in [0.3, 0.4) is 0 Å². The molecule has 0 amide bonds. The average Bonchev–Trinajstić information content (AvgIpc) is 2.68. The Hall–Kier alpha value is -3.47. The van der Waals surface area contributed by atoms with E-state index < -0.39 is 5.41 Å². The van der Waals surface area contributed by atoms with Crippen molar-refractivity contribution in [1.82, 2.24) is 9.97 Å². The van der Waals surface area contributed by atoms with Crippen molar-refractivity contribution in [3.05, 3.63) is 73.1 Å². The van der Waals surface area contributed by atoms with E-state index >= 15 is 0 Å². The predicted molar refractivity (Wildman–Crippen MR) is 110 cm³/mol. The molecule has 0 aliphatic carbocycles. The van der Waals surface area contributed by atoms with Gasteiger partial charge in [-0.3, -0.25) is 14.8 Å². The molecule has 0 radical (unpaired) electrons. The summed E-state index contributed by atoms with van der Waals surface area (Å²) in [5.74, 6) is 0.502. The van der Waals surface area contributed by atoms with Gasteiger partial charge in [0.05, 0.1) is 5.41 Å². The Morgan fingerprint density at radius 3 is 1.96 bits per heavy atom. The lowest BCUT2D eigenvalue weighted by atomic mass is 9.97. The molecule has 2 heterocycles. The zero-order valence-corrected chi connectivity index (χ0v) is 16.1. The number of hydrogen-bond donors (Lipinski definition) is 1. The number of phenolic OH excluding ortho intramolecular Hbond substituents is 1. The lowest BCUT2D eigenvalue weighted by Crippen LogP contribution is -2.25. The maximum absolute atomic E-state index is 11.8. The Bertz CT molecular complexity index is 1110. The zero-order chi connectivity index (χ0) is 20.1. The Morgan fingerprint density at radius 1 is 0.821 bits per heavy atom. The molecule has 0 unspecified atom stereocenters. The first-order valence-corrected chi connectivity index (χ1v) is 8.95. The predicted octanol–water partition coefficient (Wildman–Crippen LogP) is 5.13. The number of rotatable bonds is 1. The normalized spacial score (nSPS) is 11.0. The first-order chi connectivity index (χ1) is 13.4. The molecule has 0 aliphatic heterocycles. The van der Waals surface area contributed by atoms with Gasteiger partial charge in [0, 0.05) is 23.2 Å². The Balaban J connectivity index is 0.000000176. The first kappa shape index (κ1) is 19.3. The topological polar surface area (TPSA) is 72.3 Å². The minimum absolute atomic E-state index is 0.239. The molecule has 0 saturated carbocycles. The van der Waals surface area contributed by atoms with Crippen LogP contribution in [-0.2, 0) is 4.79 Å². The van der Waals surface area contributed by atoms with Gasteiger partial charge in [0.25, 0.3) is 0 Å². The minimum atomic E-state index is -0.517. The largest absolute Gasteiger partial charge is 0.506 e. The van der Waals surface area contributed by atoms with E-state index in [1.807, 2.05) is 63.2 Å². The van der Waals surface area contributed by atoms with Gasteiger partial charge in [-0.2, -0.15) is 0 Å². The fraction of sp³-hybridized carbons (Fsp3) is 0.174. The van der Waals surface area contributed by atoms with Crippen LogP contribution in [0.5, 0.6) is 11.5 Å². The molecule has 0 bridgehead atoms. The molecule has 0 fully saturated rings. The molecule has 28 heavy (non-hydrogen) atoms. The molecule has 2 aromatic carbocycles. The van der Waals surface area contributed by atoms with E-state index in [2.05, 4.69) is 9.97 Å². The number of aromatic hydroxyl groups is 1. The number of pyridine rings is 2. The van der Waals surface area contributed by atoms with Crippen molar-refractivity contribution < 1.29 is 14.6 Å². The van der Waals surface area contributed by atoms with Crippen molar-refractivity contribution in [3.8, 4) is 11.5 Å². The van der Waals surface area contributed by atoms with Crippen molar-refractivity contribution in [2.24, 2.45) is 5.41 Å². The second kappa shape index (κ2) is 8.05. The summed E-state index contributed by atoms with van der Waals surface area (Å²) in [5.41, 5.74) is 0.860. The fourth-order valence-electron chi connectivity index (χ4n) is 2.50. The molecular formula is C23H22N2O3. The number of phenols is 1. The third-order valence-electron chi connectivity index (χ3n) is 4.02. The van der Waals surface area contributed by atoms with Crippen molar-refractivity contribution in [3.63, 3.8) is 0 Å². The van der Waals surface area contributed by atoms with Crippen LogP contribution in [0.2, 0.25) is 0 Å². The van der Waals surface area contributed by atoms with Gasteiger partial charge in [0.1, 0.15) is 16.8 Å². The molecule has 5 nitrogen and oxygen atoms in total. The lowest BCUT2D eigenvalue weighted by Gasteiger charge is -2.16. The summed E-state index contributed by atoms with van der Waals surface area (Å²) in [7, 11) is 0. The third kappa shape index (κ3) is 4.43. The maximum atomic E-state index is 11.8. The number of nitrogens with zero attached hydrogens (tertiary/aromatic N) is 2. The molecule has 5 heteroatoms. The molecule has 0 atom stereocenters. The summed E-state index contributed by atoms with van der Waals surface area (Å²) in [6.45, 7) is 5.48. The summed E-state index contributed by atoms with van der Waals surface area (Å²) < 4.78 is 5.39. The Labute approximate surface area is 163 Å². The van der Waals surface area contributed by atoms with Crippen molar-refractivity contribution >= 4 is 27.8 Å². The van der Waals surface area contributed by atoms with Gasteiger partial charge < -0.3 is 9.84 Å². The second-order valence-electron chi connectivity index (χ2n) is 7.32. The van der Waals surface area contributed by atoms with Crippen LogP contribution in [0.25, 0.3) is 21.8 Å². The molecule has 4 aromatic rings. The van der Waals surface area contributed by atoms with Gasteiger partial charge >= 0.3 is 5.97 Å². The van der Waals surface area contributed by atoms with Gasteiger partial charge in [0.2, 0.25) is 0 Å². The molecule has 0 aliphatic rings. The van der Waals surface area contributed by atoms with Gasteiger partial charge in [-0.15, -0.1) is 0 Å². The van der Waals surface area contributed by atoms with Crippen LogP contribution in [0.4, 0.5) is 0 Å². The highest BCUT2D eigenvalue weighted by Gasteiger charge is 2.24. The number of fused-ring (bicyclic) bond motifs is 2. The van der Waals surface area contributed by atoms with E-state index in [9.17, 15) is 9.90 Å².